The fraction of sp³-hybridized carbons (Fsp3) is 0.200. The Bertz CT molecular complexity index is 1090. The van der Waals surface area contributed by atoms with E-state index < -0.39 is 12.1 Å². The highest BCUT2D eigenvalue weighted by Crippen LogP contribution is 2.44. The van der Waals surface area contributed by atoms with Crippen molar-refractivity contribution in [2.75, 3.05) is 11.9 Å². The molecule has 1 aliphatic carbocycles. The van der Waals surface area contributed by atoms with Crippen molar-refractivity contribution in [3.8, 4) is 16.9 Å². The third-order valence-corrected chi connectivity index (χ3v) is 5.16. The van der Waals surface area contributed by atoms with Crippen LogP contribution in [0, 0.1) is 0 Å². The lowest BCUT2D eigenvalue weighted by Crippen LogP contribution is -2.18. The minimum atomic E-state index is -1.09. The number of rotatable bonds is 6. The van der Waals surface area contributed by atoms with Crippen molar-refractivity contribution in [1.82, 2.24) is 0 Å². The second-order valence-electron chi connectivity index (χ2n) is 7.63. The van der Waals surface area contributed by atoms with Crippen molar-refractivity contribution in [3.05, 3.63) is 83.4 Å². The molecule has 0 fully saturated rings. The number of carbonyl (C=O) groups excluding carboxylic acids is 1. The zero-order valence-corrected chi connectivity index (χ0v) is 17.3. The highest BCUT2D eigenvalue weighted by molar-refractivity contribution is 5.93. The number of carbonyl (C=O) groups is 2. The Morgan fingerprint density at radius 3 is 2.16 bits per heavy atom. The third kappa shape index (κ3) is 4.23. The molecule has 0 atom stereocenters. The average Bonchev–Trinajstić information content (AvgIpc) is 3.05. The van der Waals surface area contributed by atoms with Gasteiger partial charge in [-0.05, 0) is 48.2 Å². The first-order valence-electron chi connectivity index (χ1n) is 10.1. The van der Waals surface area contributed by atoms with Crippen LogP contribution in [-0.4, -0.2) is 29.9 Å². The lowest BCUT2D eigenvalue weighted by molar-refractivity contribution is 0.0690. The molecule has 3 aromatic rings. The maximum absolute atomic E-state index is 12.5. The second-order valence-corrected chi connectivity index (χ2v) is 7.63. The number of carboxylic acids is 1. The number of ether oxygens (including phenoxy) is 2. The average molecular weight is 417 g/mol. The molecule has 0 bridgehead atoms. The summed E-state index contributed by atoms with van der Waals surface area (Å²) in [7, 11) is 0. The molecular formula is C25H23NO5. The highest BCUT2D eigenvalue weighted by Gasteiger charge is 2.29. The van der Waals surface area contributed by atoms with E-state index in [0.717, 1.165) is 22.3 Å². The van der Waals surface area contributed by atoms with Gasteiger partial charge < -0.3 is 14.6 Å². The molecule has 6 heteroatoms. The van der Waals surface area contributed by atoms with E-state index in [-0.39, 0.29) is 29.9 Å². The van der Waals surface area contributed by atoms with Crippen molar-refractivity contribution in [1.29, 1.82) is 0 Å². The fourth-order valence-electron chi connectivity index (χ4n) is 3.88. The fourth-order valence-corrected chi connectivity index (χ4v) is 3.88. The molecule has 31 heavy (non-hydrogen) atoms. The van der Waals surface area contributed by atoms with Gasteiger partial charge in [0.2, 0.25) is 0 Å². The maximum atomic E-state index is 12.5. The molecule has 4 rings (SSSR count). The van der Waals surface area contributed by atoms with E-state index >= 15 is 0 Å². The summed E-state index contributed by atoms with van der Waals surface area (Å²) in [5.74, 6) is -0.936. The van der Waals surface area contributed by atoms with Gasteiger partial charge in [-0.2, -0.15) is 0 Å². The van der Waals surface area contributed by atoms with E-state index in [1.54, 1.807) is 13.8 Å². The van der Waals surface area contributed by atoms with Gasteiger partial charge in [-0.15, -0.1) is 0 Å². The summed E-state index contributed by atoms with van der Waals surface area (Å²) in [5, 5.41) is 12.0. The Labute approximate surface area is 180 Å². The van der Waals surface area contributed by atoms with Crippen LogP contribution in [0.2, 0.25) is 0 Å². The van der Waals surface area contributed by atoms with Crippen LogP contribution in [0.1, 0.15) is 41.3 Å². The van der Waals surface area contributed by atoms with Crippen molar-refractivity contribution in [2.45, 2.75) is 25.9 Å². The number of benzene rings is 3. The molecule has 0 saturated heterocycles. The van der Waals surface area contributed by atoms with Gasteiger partial charge >= 0.3 is 12.1 Å². The Kier molecular flexibility index (Phi) is 5.62. The molecule has 1 amide bonds. The van der Waals surface area contributed by atoms with Crippen molar-refractivity contribution in [2.24, 2.45) is 0 Å². The van der Waals surface area contributed by atoms with E-state index in [1.807, 2.05) is 24.3 Å². The molecule has 0 unspecified atom stereocenters. The van der Waals surface area contributed by atoms with E-state index in [2.05, 4.69) is 29.6 Å². The van der Waals surface area contributed by atoms with E-state index in [1.165, 1.54) is 18.2 Å². The molecule has 0 saturated carbocycles. The molecular weight excluding hydrogens is 394 g/mol. The van der Waals surface area contributed by atoms with Crippen LogP contribution in [0.5, 0.6) is 5.75 Å². The van der Waals surface area contributed by atoms with Crippen LogP contribution in [0.15, 0.2) is 66.7 Å². The molecule has 0 aliphatic heterocycles. The van der Waals surface area contributed by atoms with Gasteiger partial charge in [0.05, 0.1) is 6.10 Å². The van der Waals surface area contributed by atoms with E-state index in [0.29, 0.717) is 5.69 Å². The van der Waals surface area contributed by atoms with Gasteiger partial charge in [0.25, 0.3) is 0 Å². The van der Waals surface area contributed by atoms with Crippen LogP contribution < -0.4 is 10.1 Å². The number of nitrogens with one attached hydrogen (secondary N) is 1. The summed E-state index contributed by atoms with van der Waals surface area (Å²) in [6, 6.07) is 20.6. The van der Waals surface area contributed by atoms with Crippen molar-refractivity contribution < 1.29 is 24.2 Å². The SMILES string of the molecule is CC(C)Oc1cc(NC(=O)OCC2c3ccccc3-c3ccccc32)ccc1C(=O)O. The first kappa shape index (κ1) is 20.5. The summed E-state index contributed by atoms with van der Waals surface area (Å²) in [5.41, 5.74) is 5.02. The Morgan fingerprint density at radius 2 is 1.58 bits per heavy atom. The number of carboxylic acid groups (broad SMARTS) is 1. The third-order valence-electron chi connectivity index (χ3n) is 5.16. The van der Waals surface area contributed by atoms with Gasteiger partial charge in [-0.25, -0.2) is 9.59 Å². The predicted molar refractivity (Wildman–Crippen MR) is 118 cm³/mol. The quantitative estimate of drug-likeness (QED) is 0.551. The Hall–Kier alpha value is -3.80. The normalized spacial score (nSPS) is 12.2. The Balaban J connectivity index is 1.47. The standard InChI is InChI=1S/C25H23NO5/c1-15(2)31-23-13-16(11-12-21(23)24(27)28)26-25(29)30-14-22-19-9-5-3-7-17(19)18-8-4-6-10-20(18)22/h3-13,15,22H,14H2,1-2H3,(H,26,29)(H,27,28). The van der Waals surface area contributed by atoms with Gasteiger partial charge in [0.1, 0.15) is 17.9 Å². The number of anilines is 1. The van der Waals surface area contributed by atoms with Crippen LogP contribution in [0.3, 0.4) is 0 Å². The largest absolute Gasteiger partial charge is 0.490 e. The summed E-state index contributed by atoms with van der Waals surface area (Å²) in [6.45, 7) is 3.80. The Morgan fingerprint density at radius 1 is 0.968 bits per heavy atom. The maximum Gasteiger partial charge on any atom is 0.411 e. The molecule has 0 radical (unpaired) electrons. The molecule has 0 aromatic heterocycles. The molecule has 1 aliphatic rings. The zero-order valence-electron chi connectivity index (χ0n) is 17.3. The van der Waals surface area contributed by atoms with Crippen LogP contribution in [-0.2, 0) is 4.74 Å². The zero-order chi connectivity index (χ0) is 22.0. The first-order valence-corrected chi connectivity index (χ1v) is 10.1. The number of aromatic carboxylic acids is 1. The van der Waals surface area contributed by atoms with E-state index in [9.17, 15) is 14.7 Å². The molecule has 158 valence electrons. The van der Waals surface area contributed by atoms with Crippen LogP contribution in [0.4, 0.5) is 10.5 Å². The number of amides is 1. The molecule has 0 heterocycles. The highest BCUT2D eigenvalue weighted by atomic mass is 16.5. The van der Waals surface area contributed by atoms with Gasteiger partial charge in [0, 0.05) is 17.7 Å². The number of hydrogen-bond donors (Lipinski definition) is 2. The minimum absolute atomic E-state index is 0.0341. The lowest BCUT2D eigenvalue weighted by Gasteiger charge is -2.16. The molecule has 2 N–H and O–H groups in total. The van der Waals surface area contributed by atoms with Gasteiger partial charge in [0.15, 0.2) is 0 Å². The van der Waals surface area contributed by atoms with Crippen LogP contribution >= 0.6 is 0 Å². The first-order chi connectivity index (χ1) is 14.9. The monoisotopic (exact) mass is 417 g/mol. The summed E-state index contributed by atoms with van der Waals surface area (Å²) >= 11 is 0. The van der Waals surface area contributed by atoms with E-state index in [4.69, 9.17) is 9.47 Å². The summed E-state index contributed by atoms with van der Waals surface area (Å²) < 4.78 is 11.1. The van der Waals surface area contributed by atoms with Crippen molar-refractivity contribution >= 4 is 17.7 Å². The predicted octanol–water partition coefficient (Wildman–Crippen LogP) is 5.53. The van der Waals surface area contributed by atoms with Crippen LogP contribution in [0.25, 0.3) is 11.1 Å². The topological polar surface area (TPSA) is 84.9 Å². The molecule has 6 nitrogen and oxygen atoms in total. The van der Waals surface area contributed by atoms with Crippen molar-refractivity contribution in [3.63, 3.8) is 0 Å². The van der Waals surface area contributed by atoms with Gasteiger partial charge in [-0.3, -0.25) is 5.32 Å². The number of hydrogen-bond acceptors (Lipinski definition) is 4. The number of fused-ring (bicyclic) bond motifs is 3. The lowest BCUT2D eigenvalue weighted by atomic mass is 9.98. The molecule has 3 aromatic carbocycles. The summed E-state index contributed by atoms with van der Waals surface area (Å²) in [6.07, 6.45) is -0.816. The minimum Gasteiger partial charge on any atom is -0.490 e. The van der Waals surface area contributed by atoms with Gasteiger partial charge in [-0.1, -0.05) is 48.5 Å². The smallest absolute Gasteiger partial charge is 0.411 e. The summed E-state index contributed by atoms with van der Waals surface area (Å²) in [4.78, 5) is 23.9. The second kappa shape index (κ2) is 8.52. The molecule has 0 spiro atoms.